The van der Waals surface area contributed by atoms with Crippen molar-refractivity contribution in [3.8, 4) is 0 Å². The Labute approximate surface area is 310 Å². The number of rotatable bonds is 37. The van der Waals surface area contributed by atoms with Crippen molar-refractivity contribution in [3.05, 3.63) is 60.8 Å². The largest absolute Gasteiger partial charge is 0.472 e. The predicted molar refractivity (Wildman–Crippen MR) is 210 cm³/mol. The summed E-state index contributed by atoms with van der Waals surface area (Å²) in [4.78, 5) is 22.5. The Balaban J connectivity index is 4.21. The summed E-state index contributed by atoms with van der Waals surface area (Å²) in [6.45, 7) is 3.34. The zero-order valence-corrected chi connectivity index (χ0v) is 32.9. The van der Waals surface area contributed by atoms with Crippen molar-refractivity contribution in [2.75, 3.05) is 33.0 Å². The molecule has 9 nitrogen and oxygen atoms in total. The Morgan fingerprint density at radius 2 is 1.12 bits per heavy atom. The van der Waals surface area contributed by atoms with Gasteiger partial charge in [0.25, 0.3) is 0 Å². The van der Waals surface area contributed by atoms with Crippen molar-refractivity contribution >= 4 is 13.8 Å². The van der Waals surface area contributed by atoms with E-state index in [1.54, 1.807) is 0 Å². The second-order valence-corrected chi connectivity index (χ2v) is 14.4. The van der Waals surface area contributed by atoms with E-state index >= 15 is 0 Å². The minimum Gasteiger partial charge on any atom is -0.457 e. The lowest BCUT2D eigenvalue weighted by atomic mass is 10.1. The van der Waals surface area contributed by atoms with Gasteiger partial charge in [-0.3, -0.25) is 13.8 Å². The Hall–Kier alpha value is -1.84. The highest BCUT2D eigenvalue weighted by Gasteiger charge is 2.26. The van der Waals surface area contributed by atoms with E-state index in [9.17, 15) is 19.4 Å². The number of phosphoric acid groups is 1. The average molecular weight is 741 g/mol. The molecular weight excluding hydrogens is 667 g/mol. The molecule has 0 bridgehead atoms. The molecule has 0 aliphatic rings. The van der Waals surface area contributed by atoms with Gasteiger partial charge in [0.2, 0.25) is 0 Å². The van der Waals surface area contributed by atoms with Gasteiger partial charge in [-0.2, -0.15) is 0 Å². The number of hydrogen-bond acceptors (Lipinski definition) is 8. The number of carbonyl (C=O) groups excluding carboxylic acids is 1. The van der Waals surface area contributed by atoms with E-state index < -0.39 is 39.2 Å². The standard InChI is InChI=1S/C41H73O9P/c1-3-5-7-9-11-13-14-15-16-17-18-19-20-21-22-23-24-25-27-29-31-33-41(44)50-40(38-49-51(45,46)48-36-39(43)35-42)37-47-34-32-30-28-26-12-10-8-6-4-2/h5,7,11,13,15-16,18-19,21-22,39-40,42-43H,3-4,6,8-10,12,14,17,20,23-38H2,1-2H3,(H,45,46)/b7-5-,13-11-,16-15-,19-18-,22-21-. The molecule has 0 aliphatic carbocycles. The number of aliphatic hydroxyl groups is 2. The van der Waals surface area contributed by atoms with E-state index in [2.05, 4.69) is 74.6 Å². The van der Waals surface area contributed by atoms with E-state index in [1.807, 2.05) is 0 Å². The smallest absolute Gasteiger partial charge is 0.457 e. The molecule has 0 amide bonds. The molecule has 3 unspecified atom stereocenters. The number of aliphatic hydroxyl groups excluding tert-OH is 2. The van der Waals surface area contributed by atoms with Crippen molar-refractivity contribution in [1.82, 2.24) is 0 Å². The van der Waals surface area contributed by atoms with Crippen LogP contribution in [-0.2, 0) is 27.9 Å². The van der Waals surface area contributed by atoms with Crippen LogP contribution in [0.25, 0.3) is 0 Å². The fourth-order valence-electron chi connectivity index (χ4n) is 4.97. The third kappa shape index (κ3) is 37.7. The van der Waals surface area contributed by atoms with E-state index in [1.165, 1.54) is 38.5 Å². The summed E-state index contributed by atoms with van der Waals surface area (Å²) in [5, 5.41) is 18.3. The van der Waals surface area contributed by atoms with Crippen LogP contribution in [0, 0.1) is 0 Å². The monoisotopic (exact) mass is 740 g/mol. The molecular formula is C41H73O9P. The molecule has 0 heterocycles. The molecule has 0 aromatic carbocycles. The molecule has 0 aliphatic heterocycles. The first-order chi connectivity index (χ1) is 24.8. The molecule has 0 radical (unpaired) electrons. The van der Waals surface area contributed by atoms with Gasteiger partial charge in [-0.15, -0.1) is 0 Å². The lowest BCUT2D eigenvalue weighted by Gasteiger charge is -2.20. The van der Waals surface area contributed by atoms with Crippen LogP contribution >= 0.6 is 7.82 Å². The van der Waals surface area contributed by atoms with Gasteiger partial charge in [0.15, 0.2) is 0 Å². The van der Waals surface area contributed by atoms with Gasteiger partial charge in [-0.1, -0.05) is 145 Å². The van der Waals surface area contributed by atoms with Gasteiger partial charge < -0.3 is 24.6 Å². The third-order valence-electron chi connectivity index (χ3n) is 7.97. The highest BCUT2D eigenvalue weighted by Crippen LogP contribution is 2.43. The zero-order chi connectivity index (χ0) is 37.5. The summed E-state index contributed by atoms with van der Waals surface area (Å²) < 4.78 is 33.2. The first-order valence-corrected chi connectivity index (χ1v) is 21.3. The maximum atomic E-state index is 12.6. The number of allylic oxidation sites excluding steroid dienone is 10. The Bertz CT molecular complexity index is 976. The van der Waals surface area contributed by atoms with Crippen LogP contribution < -0.4 is 0 Å². The average Bonchev–Trinajstić information content (AvgIpc) is 3.12. The van der Waals surface area contributed by atoms with Gasteiger partial charge in [-0.05, 0) is 57.8 Å². The number of phosphoric ester groups is 1. The minimum absolute atomic E-state index is 0.0395. The van der Waals surface area contributed by atoms with Crippen LogP contribution in [0.1, 0.15) is 149 Å². The van der Waals surface area contributed by atoms with Crippen LogP contribution in [0.4, 0.5) is 0 Å². The second-order valence-electron chi connectivity index (χ2n) is 12.9. The van der Waals surface area contributed by atoms with Gasteiger partial charge in [0.05, 0.1) is 26.4 Å². The van der Waals surface area contributed by atoms with Gasteiger partial charge in [0, 0.05) is 13.0 Å². The lowest BCUT2D eigenvalue weighted by molar-refractivity contribution is -0.154. The van der Waals surface area contributed by atoms with Crippen LogP contribution in [0.3, 0.4) is 0 Å². The maximum absolute atomic E-state index is 12.6. The number of unbranched alkanes of at least 4 members (excludes halogenated alkanes) is 13. The van der Waals surface area contributed by atoms with Gasteiger partial charge >= 0.3 is 13.8 Å². The third-order valence-corrected chi connectivity index (χ3v) is 8.92. The molecule has 0 aromatic heterocycles. The number of ether oxygens (including phenoxy) is 2. The van der Waals surface area contributed by atoms with Crippen LogP contribution in [0.15, 0.2) is 60.8 Å². The summed E-state index contributed by atoms with van der Waals surface area (Å²) >= 11 is 0. The number of hydrogen-bond donors (Lipinski definition) is 3. The van der Waals surface area contributed by atoms with E-state index in [0.29, 0.717) is 13.0 Å². The maximum Gasteiger partial charge on any atom is 0.472 e. The van der Waals surface area contributed by atoms with E-state index in [-0.39, 0.29) is 19.6 Å². The highest BCUT2D eigenvalue weighted by molar-refractivity contribution is 7.47. The number of esters is 1. The lowest BCUT2D eigenvalue weighted by Crippen LogP contribution is -2.29. The summed E-state index contributed by atoms with van der Waals surface area (Å²) in [6.07, 6.45) is 41.8. The SMILES string of the molecule is CC/C=C\C/C=C\C/C=C\C/C=C\C/C=C\CCCCCCCC(=O)OC(COCCCCCCCCCCC)COP(=O)(O)OCC(O)CO. The number of carbonyl (C=O) groups is 1. The Morgan fingerprint density at radius 1 is 0.627 bits per heavy atom. The molecule has 0 aromatic rings. The normalized spacial score (nSPS) is 14.8. The fraction of sp³-hybridized carbons (Fsp3) is 0.732. The molecule has 296 valence electrons. The second kappa shape index (κ2) is 37.9. The zero-order valence-electron chi connectivity index (χ0n) is 32.1. The van der Waals surface area contributed by atoms with Crippen molar-refractivity contribution in [3.63, 3.8) is 0 Å². The molecule has 3 atom stereocenters. The summed E-state index contributed by atoms with van der Waals surface area (Å²) in [7, 11) is -4.52. The van der Waals surface area contributed by atoms with E-state index in [0.717, 1.165) is 83.5 Å². The van der Waals surface area contributed by atoms with Crippen LogP contribution in [0.5, 0.6) is 0 Å². The molecule has 0 spiro atoms. The van der Waals surface area contributed by atoms with Crippen LogP contribution in [0.2, 0.25) is 0 Å². The molecule has 0 fully saturated rings. The Morgan fingerprint density at radius 3 is 1.69 bits per heavy atom. The van der Waals surface area contributed by atoms with Crippen molar-refractivity contribution < 1.29 is 43.0 Å². The van der Waals surface area contributed by atoms with Crippen LogP contribution in [-0.4, -0.2) is 66.3 Å². The summed E-state index contributed by atoms with van der Waals surface area (Å²) in [6, 6.07) is 0. The molecule has 0 rings (SSSR count). The van der Waals surface area contributed by atoms with Crippen molar-refractivity contribution in [2.24, 2.45) is 0 Å². The summed E-state index contributed by atoms with van der Waals surface area (Å²) in [5.74, 6) is -0.404. The highest BCUT2D eigenvalue weighted by atomic mass is 31.2. The molecule has 0 saturated carbocycles. The van der Waals surface area contributed by atoms with Gasteiger partial charge in [0.1, 0.15) is 12.2 Å². The first-order valence-electron chi connectivity index (χ1n) is 19.8. The summed E-state index contributed by atoms with van der Waals surface area (Å²) in [5.41, 5.74) is 0. The molecule has 51 heavy (non-hydrogen) atoms. The molecule has 0 saturated heterocycles. The van der Waals surface area contributed by atoms with Gasteiger partial charge in [-0.25, -0.2) is 4.57 Å². The fourth-order valence-corrected chi connectivity index (χ4v) is 5.76. The topological polar surface area (TPSA) is 132 Å². The molecule has 3 N–H and O–H groups in total. The Kier molecular flexibility index (Phi) is 36.5. The van der Waals surface area contributed by atoms with E-state index in [4.69, 9.17) is 23.6 Å². The first kappa shape index (κ1) is 49.2. The quantitative estimate of drug-likeness (QED) is 0.0246. The van der Waals surface area contributed by atoms with Crippen molar-refractivity contribution in [1.29, 1.82) is 0 Å². The molecule has 10 heteroatoms. The predicted octanol–water partition coefficient (Wildman–Crippen LogP) is 10.4. The minimum atomic E-state index is -4.52. The van der Waals surface area contributed by atoms with Crippen molar-refractivity contribution in [2.45, 2.75) is 161 Å².